The van der Waals surface area contributed by atoms with Crippen molar-refractivity contribution >= 4 is 17.7 Å². The van der Waals surface area contributed by atoms with Crippen LogP contribution in [0.25, 0.3) is 0 Å². The van der Waals surface area contributed by atoms with Crippen LogP contribution in [0.5, 0.6) is 0 Å². The fourth-order valence-corrected chi connectivity index (χ4v) is 1.75. The van der Waals surface area contributed by atoms with Gasteiger partial charge in [0.25, 0.3) is 5.91 Å². The lowest BCUT2D eigenvalue weighted by Gasteiger charge is -2.05. The van der Waals surface area contributed by atoms with Gasteiger partial charge in [-0.1, -0.05) is 12.1 Å². The number of hydrogen-bond donors (Lipinski definition) is 2. The van der Waals surface area contributed by atoms with Crippen LogP contribution in [0, 0.1) is 0 Å². The molecule has 0 aliphatic rings. The summed E-state index contributed by atoms with van der Waals surface area (Å²) in [5.41, 5.74) is 7.22. The zero-order chi connectivity index (χ0) is 11.8. The van der Waals surface area contributed by atoms with E-state index in [1.165, 1.54) is 0 Å². The number of hydrogen-bond acceptors (Lipinski definition) is 3. The van der Waals surface area contributed by atoms with E-state index in [1.54, 1.807) is 11.8 Å². The van der Waals surface area contributed by atoms with Gasteiger partial charge >= 0.3 is 0 Å². The lowest BCUT2D eigenvalue weighted by molar-refractivity contribution is 0.0954. The summed E-state index contributed by atoms with van der Waals surface area (Å²) in [6.07, 6.45) is 3.07. The molecule has 0 fully saturated rings. The molecule has 1 aromatic rings. The van der Waals surface area contributed by atoms with Crippen LogP contribution in [0.2, 0.25) is 0 Å². The van der Waals surface area contributed by atoms with Crippen molar-refractivity contribution in [2.24, 2.45) is 5.73 Å². The Kier molecular flexibility index (Phi) is 5.96. The highest BCUT2D eigenvalue weighted by molar-refractivity contribution is 7.98. The first-order valence-corrected chi connectivity index (χ1v) is 6.73. The normalized spacial score (nSPS) is 10.1. The van der Waals surface area contributed by atoms with E-state index in [1.807, 2.05) is 24.3 Å². The summed E-state index contributed by atoms with van der Waals surface area (Å²) in [6, 6.07) is 7.39. The summed E-state index contributed by atoms with van der Waals surface area (Å²) >= 11 is 1.79. The third-order valence-electron chi connectivity index (χ3n) is 2.26. The molecule has 0 atom stereocenters. The average Bonchev–Trinajstić information content (AvgIpc) is 2.34. The molecule has 0 aliphatic heterocycles. The summed E-state index contributed by atoms with van der Waals surface area (Å²) in [5, 5.41) is 2.89. The Morgan fingerprint density at radius 3 is 2.62 bits per heavy atom. The minimum absolute atomic E-state index is 0.00956. The van der Waals surface area contributed by atoms with Gasteiger partial charge in [0.2, 0.25) is 0 Å². The molecule has 1 amide bonds. The van der Waals surface area contributed by atoms with Crippen LogP contribution in [0.3, 0.4) is 0 Å². The van der Waals surface area contributed by atoms with Crippen molar-refractivity contribution in [2.45, 2.75) is 13.0 Å². The van der Waals surface area contributed by atoms with Crippen LogP contribution in [-0.2, 0) is 6.54 Å². The van der Waals surface area contributed by atoms with Gasteiger partial charge in [0.05, 0.1) is 0 Å². The Bertz CT molecular complexity index is 324. The van der Waals surface area contributed by atoms with Crippen molar-refractivity contribution in [2.75, 3.05) is 18.6 Å². The number of rotatable bonds is 6. The Hall–Kier alpha value is -1.00. The van der Waals surface area contributed by atoms with E-state index in [9.17, 15) is 4.79 Å². The van der Waals surface area contributed by atoms with Gasteiger partial charge in [-0.25, -0.2) is 0 Å². The SMILES string of the molecule is CSCCCNC(=O)c1ccc(CN)cc1. The number of carbonyl (C=O) groups excluding carboxylic acids is 1. The molecule has 0 saturated carbocycles. The summed E-state index contributed by atoms with van der Waals surface area (Å²) in [4.78, 5) is 11.7. The molecule has 3 N–H and O–H groups in total. The molecule has 0 spiro atoms. The summed E-state index contributed by atoms with van der Waals surface area (Å²) in [6.45, 7) is 1.24. The van der Waals surface area contributed by atoms with Crippen LogP contribution >= 0.6 is 11.8 Å². The largest absolute Gasteiger partial charge is 0.352 e. The van der Waals surface area contributed by atoms with Crippen molar-refractivity contribution in [3.63, 3.8) is 0 Å². The van der Waals surface area contributed by atoms with E-state index in [-0.39, 0.29) is 5.91 Å². The molecule has 0 aliphatic carbocycles. The number of benzene rings is 1. The minimum atomic E-state index is -0.00956. The molecular formula is C12H18N2OS. The monoisotopic (exact) mass is 238 g/mol. The fraction of sp³-hybridized carbons (Fsp3) is 0.417. The zero-order valence-electron chi connectivity index (χ0n) is 9.53. The summed E-state index contributed by atoms with van der Waals surface area (Å²) < 4.78 is 0. The van der Waals surface area contributed by atoms with Gasteiger partial charge in [0, 0.05) is 18.7 Å². The van der Waals surface area contributed by atoms with Gasteiger partial charge in [-0.15, -0.1) is 0 Å². The molecule has 88 valence electrons. The van der Waals surface area contributed by atoms with Gasteiger partial charge in [0.1, 0.15) is 0 Å². The van der Waals surface area contributed by atoms with E-state index in [2.05, 4.69) is 11.6 Å². The maximum atomic E-state index is 11.7. The molecule has 0 unspecified atom stereocenters. The van der Waals surface area contributed by atoms with Crippen LogP contribution in [0.1, 0.15) is 22.3 Å². The average molecular weight is 238 g/mol. The van der Waals surface area contributed by atoms with Crippen LogP contribution in [-0.4, -0.2) is 24.5 Å². The topological polar surface area (TPSA) is 55.1 Å². The predicted octanol–water partition coefficient (Wildman–Crippen LogP) is 1.63. The van der Waals surface area contributed by atoms with Crippen LogP contribution < -0.4 is 11.1 Å². The highest BCUT2D eigenvalue weighted by Gasteiger charge is 2.03. The van der Waals surface area contributed by atoms with E-state index < -0.39 is 0 Å². The van der Waals surface area contributed by atoms with Crippen LogP contribution in [0.15, 0.2) is 24.3 Å². The van der Waals surface area contributed by atoms with Crippen LogP contribution in [0.4, 0.5) is 0 Å². The molecule has 0 saturated heterocycles. The highest BCUT2D eigenvalue weighted by Crippen LogP contribution is 2.03. The second-order valence-electron chi connectivity index (χ2n) is 3.50. The standard InChI is InChI=1S/C12H18N2OS/c1-16-8-2-7-14-12(15)11-5-3-10(9-13)4-6-11/h3-6H,2,7-9,13H2,1H3,(H,14,15). The zero-order valence-corrected chi connectivity index (χ0v) is 10.3. The quantitative estimate of drug-likeness (QED) is 0.741. The van der Waals surface area contributed by atoms with Gasteiger partial charge < -0.3 is 11.1 Å². The van der Waals surface area contributed by atoms with E-state index in [0.717, 1.165) is 24.3 Å². The first-order valence-electron chi connectivity index (χ1n) is 5.34. The lowest BCUT2D eigenvalue weighted by atomic mass is 10.1. The number of nitrogens with one attached hydrogen (secondary N) is 1. The minimum Gasteiger partial charge on any atom is -0.352 e. The molecule has 1 aromatic carbocycles. The Labute approximate surface area is 101 Å². The Morgan fingerprint density at radius 1 is 1.38 bits per heavy atom. The first-order chi connectivity index (χ1) is 7.77. The molecular weight excluding hydrogens is 220 g/mol. The second kappa shape index (κ2) is 7.30. The van der Waals surface area contributed by atoms with Crippen molar-refractivity contribution in [3.05, 3.63) is 35.4 Å². The molecule has 1 rings (SSSR count). The molecule has 16 heavy (non-hydrogen) atoms. The number of thioether (sulfide) groups is 1. The predicted molar refractivity (Wildman–Crippen MR) is 69.7 cm³/mol. The number of amides is 1. The third kappa shape index (κ3) is 4.24. The molecule has 0 heterocycles. The summed E-state index contributed by atoms with van der Waals surface area (Å²) in [7, 11) is 0. The van der Waals surface area contributed by atoms with E-state index >= 15 is 0 Å². The second-order valence-corrected chi connectivity index (χ2v) is 4.49. The van der Waals surface area contributed by atoms with E-state index in [4.69, 9.17) is 5.73 Å². The Morgan fingerprint density at radius 2 is 2.06 bits per heavy atom. The maximum absolute atomic E-state index is 11.7. The molecule has 3 nitrogen and oxygen atoms in total. The van der Waals surface area contributed by atoms with Gasteiger partial charge in [0.15, 0.2) is 0 Å². The van der Waals surface area contributed by atoms with Gasteiger partial charge in [-0.3, -0.25) is 4.79 Å². The Balaban J connectivity index is 2.40. The number of nitrogens with two attached hydrogens (primary N) is 1. The first kappa shape index (κ1) is 13.1. The smallest absolute Gasteiger partial charge is 0.251 e. The van der Waals surface area contributed by atoms with Crippen molar-refractivity contribution in [1.82, 2.24) is 5.32 Å². The van der Waals surface area contributed by atoms with Gasteiger partial charge in [-0.05, 0) is 36.1 Å². The van der Waals surface area contributed by atoms with Crippen molar-refractivity contribution < 1.29 is 4.79 Å². The number of carbonyl (C=O) groups is 1. The van der Waals surface area contributed by atoms with Crippen molar-refractivity contribution in [3.8, 4) is 0 Å². The highest BCUT2D eigenvalue weighted by atomic mass is 32.2. The third-order valence-corrected chi connectivity index (χ3v) is 2.96. The van der Waals surface area contributed by atoms with Gasteiger partial charge in [-0.2, -0.15) is 11.8 Å². The summed E-state index contributed by atoms with van der Waals surface area (Å²) in [5.74, 6) is 1.07. The van der Waals surface area contributed by atoms with Crippen molar-refractivity contribution in [1.29, 1.82) is 0 Å². The maximum Gasteiger partial charge on any atom is 0.251 e. The molecule has 0 bridgehead atoms. The lowest BCUT2D eigenvalue weighted by Crippen LogP contribution is -2.24. The molecule has 4 heteroatoms. The van der Waals surface area contributed by atoms with E-state index in [0.29, 0.717) is 12.1 Å². The molecule has 0 aromatic heterocycles. The molecule has 0 radical (unpaired) electrons. The fourth-order valence-electron chi connectivity index (χ4n) is 1.31.